The van der Waals surface area contributed by atoms with Gasteiger partial charge in [-0.1, -0.05) is 0 Å². The van der Waals surface area contributed by atoms with E-state index in [0.29, 0.717) is 17.2 Å². The lowest BCUT2D eigenvalue weighted by Gasteiger charge is -2.32. The second kappa shape index (κ2) is 6.30. The fourth-order valence-corrected chi connectivity index (χ4v) is 4.10. The molecule has 0 saturated carbocycles. The van der Waals surface area contributed by atoms with Gasteiger partial charge in [-0.3, -0.25) is 4.79 Å². The summed E-state index contributed by atoms with van der Waals surface area (Å²) in [6.07, 6.45) is 1.30. The molecule has 142 valence electrons. The summed E-state index contributed by atoms with van der Waals surface area (Å²) in [5.74, 6) is -0.739. The van der Waals surface area contributed by atoms with Crippen LogP contribution in [0.5, 0.6) is 0 Å². The van der Waals surface area contributed by atoms with Gasteiger partial charge in [-0.25, -0.2) is 8.78 Å². The molecular formula is C21H22F2N2O2. The van der Waals surface area contributed by atoms with Crippen molar-refractivity contribution < 1.29 is 18.7 Å². The number of amides is 1. The van der Waals surface area contributed by atoms with Crippen LogP contribution in [0.15, 0.2) is 36.4 Å². The average molecular weight is 372 g/mol. The number of β-amino-alcohol motifs (C(OH)–C–C–N with tert-alkyl or cyclic N) is 1. The Hall–Kier alpha value is -2.47. The zero-order chi connectivity index (χ0) is 19.3. The third-order valence-electron chi connectivity index (χ3n) is 5.43. The van der Waals surface area contributed by atoms with Crippen molar-refractivity contribution >= 4 is 27.7 Å². The first kappa shape index (κ1) is 17.9. The minimum absolute atomic E-state index is 0.0501. The van der Waals surface area contributed by atoms with E-state index in [1.807, 2.05) is 11.5 Å². The third kappa shape index (κ3) is 3.18. The van der Waals surface area contributed by atoms with Crippen LogP contribution in [-0.4, -0.2) is 38.7 Å². The fraction of sp³-hybridized carbons (Fsp3) is 0.381. The van der Waals surface area contributed by atoms with Crippen molar-refractivity contribution in [2.24, 2.45) is 0 Å². The van der Waals surface area contributed by atoms with Gasteiger partial charge in [0.05, 0.1) is 18.7 Å². The van der Waals surface area contributed by atoms with Gasteiger partial charge in [0.15, 0.2) is 0 Å². The first-order valence-corrected chi connectivity index (χ1v) is 9.14. The van der Waals surface area contributed by atoms with Crippen LogP contribution < -0.4 is 0 Å². The van der Waals surface area contributed by atoms with Gasteiger partial charge in [-0.05, 0) is 56.7 Å². The van der Waals surface area contributed by atoms with E-state index in [0.717, 1.165) is 17.5 Å². The highest BCUT2D eigenvalue weighted by molar-refractivity contribution is 6.08. The molecule has 1 aromatic heterocycles. The molecule has 3 aromatic rings. The monoisotopic (exact) mass is 372 g/mol. The van der Waals surface area contributed by atoms with Gasteiger partial charge in [-0.15, -0.1) is 0 Å². The summed E-state index contributed by atoms with van der Waals surface area (Å²) in [4.78, 5) is 13.8. The SMILES string of the molecule is CC1CCC(=O)N1CC(C)(O)Cn1c2ccc(F)cc2c2cc(F)ccc21. The quantitative estimate of drug-likeness (QED) is 0.756. The molecule has 2 unspecified atom stereocenters. The molecule has 0 spiro atoms. The van der Waals surface area contributed by atoms with E-state index >= 15 is 0 Å². The van der Waals surface area contributed by atoms with Crippen LogP contribution in [0.3, 0.4) is 0 Å². The summed E-state index contributed by atoms with van der Waals surface area (Å²) in [5.41, 5.74) is 0.256. The van der Waals surface area contributed by atoms with E-state index in [-0.39, 0.29) is 25.0 Å². The molecular weight excluding hydrogens is 350 g/mol. The lowest BCUT2D eigenvalue weighted by atomic mass is 10.1. The van der Waals surface area contributed by atoms with Gasteiger partial charge in [-0.2, -0.15) is 0 Å². The number of carbonyl (C=O) groups is 1. The molecule has 4 rings (SSSR count). The summed E-state index contributed by atoms with van der Waals surface area (Å²) in [6.45, 7) is 4.10. The maximum absolute atomic E-state index is 13.8. The summed E-state index contributed by atoms with van der Waals surface area (Å²) in [7, 11) is 0. The number of likely N-dealkylation sites (tertiary alicyclic amines) is 1. The average Bonchev–Trinajstić information content (AvgIpc) is 3.06. The van der Waals surface area contributed by atoms with E-state index in [2.05, 4.69) is 0 Å². The Morgan fingerprint density at radius 2 is 1.63 bits per heavy atom. The molecule has 0 radical (unpaired) electrons. The predicted octanol–water partition coefficient (Wildman–Crippen LogP) is 3.83. The molecule has 1 fully saturated rings. The number of fused-ring (bicyclic) bond motifs is 3. The maximum Gasteiger partial charge on any atom is 0.222 e. The summed E-state index contributed by atoms with van der Waals surface area (Å²) < 4.78 is 29.4. The van der Waals surface area contributed by atoms with Gasteiger partial charge in [0, 0.05) is 34.3 Å². The number of hydrogen-bond acceptors (Lipinski definition) is 2. The van der Waals surface area contributed by atoms with Crippen LogP contribution in [-0.2, 0) is 11.3 Å². The topological polar surface area (TPSA) is 45.5 Å². The van der Waals surface area contributed by atoms with Crippen LogP contribution in [0.2, 0.25) is 0 Å². The van der Waals surface area contributed by atoms with Gasteiger partial charge < -0.3 is 14.6 Å². The molecule has 0 bridgehead atoms. The molecule has 2 atom stereocenters. The first-order chi connectivity index (χ1) is 12.7. The van der Waals surface area contributed by atoms with Gasteiger partial charge >= 0.3 is 0 Å². The zero-order valence-corrected chi connectivity index (χ0v) is 15.4. The molecule has 1 aliphatic rings. The molecule has 4 nitrogen and oxygen atoms in total. The normalized spacial score (nSPS) is 20.0. The van der Waals surface area contributed by atoms with Crippen LogP contribution in [0.25, 0.3) is 21.8 Å². The van der Waals surface area contributed by atoms with Crippen LogP contribution in [0.4, 0.5) is 8.78 Å². The number of halogens is 2. The van der Waals surface area contributed by atoms with E-state index in [4.69, 9.17) is 0 Å². The molecule has 6 heteroatoms. The third-order valence-corrected chi connectivity index (χ3v) is 5.43. The van der Waals surface area contributed by atoms with E-state index in [1.54, 1.807) is 24.0 Å². The minimum atomic E-state index is -1.18. The second-order valence-corrected chi connectivity index (χ2v) is 7.82. The number of aliphatic hydroxyl groups is 1. The molecule has 1 N–H and O–H groups in total. The van der Waals surface area contributed by atoms with E-state index in [9.17, 15) is 18.7 Å². The van der Waals surface area contributed by atoms with Crippen molar-refractivity contribution in [1.82, 2.24) is 9.47 Å². The Morgan fingerprint density at radius 1 is 1.07 bits per heavy atom. The molecule has 27 heavy (non-hydrogen) atoms. The molecule has 0 aliphatic carbocycles. The van der Waals surface area contributed by atoms with Crippen molar-refractivity contribution in [3.05, 3.63) is 48.0 Å². The predicted molar refractivity (Wildman–Crippen MR) is 100 cm³/mol. The molecule has 1 amide bonds. The highest BCUT2D eigenvalue weighted by atomic mass is 19.1. The van der Waals surface area contributed by atoms with Crippen molar-refractivity contribution in [1.29, 1.82) is 0 Å². The maximum atomic E-state index is 13.8. The fourth-order valence-electron chi connectivity index (χ4n) is 4.10. The highest BCUT2D eigenvalue weighted by Gasteiger charge is 2.34. The minimum Gasteiger partial charge on any atom is -0.386 e. The summed E-state index contributed by atoms with van der Waals surface area (Å²) in [5, 5.41) is 12.3. The molecule has 1 saturated heterocycles. The van der Waals surface area contributed by atoms with Crippen molar-refractivity contribution in [2.45, 2.75) is 44.9 Å². The Bertz CT molecular complexity index is 982. The van der Waals surface area contributed by atoms with Crippen LogP contribution >= 0.6 is 0 Å². The molecule has 2 aromatic carbocycles. The van der Waals surface area contributed by atoms with Crippen molar-refractivity contribution in [2.75, 3.05) is 6.54 Å². The lowest BCUT2D eigenvalue weighted by Crippen LogP contribution is -2.46. The smallest absolute Gasteiger partial charge is 0.222 e. The van der Waals surface area contributed by atoms with Gasteiger partial charge in [0.25, 0.3) is 0 Å². The highest BCUT2D eigenvalue weighted by Crippen LogP contribution is 2.32. The number of benzene rings is 2. The number of rotatable bonds is 4. The zero-order valence-electron chi connectivity index (χ0n) is 15.4. The Labute approximate surface area is 156 Å². The summed E-state index contributed by atoms with van der Waals surface area (Å²) >= 11 is 0. The summed E-state index contributed by atoms with van der Waals surface area (Å²) in [6, 6.07) is 8.86. The Kier molecular flexibility index (Phi) is 4.18. The Morgan fingerprint density at radius 3 is 2.11 bits per heavy atom. The van der Waals surface area contributed by atoms with Gasteiger partial charge in [0.2, 0.25) is 5.91 Å². The number of nitrogens with zero attached hydrogens (tertiary/aromatic N) is 2. The molecule has 1 aliphatic heterocycles. The van der Waals surface area contributed by atoms with Gasteiger partial charge in [0.1, 0.15) is 11.6 Å². The first-order valence-electron chi connectivity index (χ1n) is 9.14. The number of hydrogen-bond donors (Lipinski definition) is 1. The lowest BCUT2D eigenvalue weighted by molar-refractivity contribution is -0.132. The molecule has 2 heterocycles. The second-order valence-electron chi connectivity index (χ2n) is 7.82. The van der Waals surface area contributed by atoms with Crippen molar-refractivity contribution in [3.8, 4) is 0 Å². The number of carbonyl (C=O) groups excluding carboxylic acids is 1. The van der Waals surface area contributed by atoms with E-state index < -0.39 is 17.2 Å². The Balaban J connectivity index is 1.77. The largest absolute Gasteiger partial charge is 0.386 e. The van der Waals surface area contributed by atoms with Crippen molar-refractivity contribution in [3.63, 3.8) is 0 Å². The van der Waals surface area contributed by atoms with E-state index in [1.165, 1.54) is 24.3 Å². The van der Waals surface area contributed by atoms with Crippen LogP contribution in [0.1, 0.15) is 26.7 Å². The van der Waals surface area contributed by atoms with Crippen LogP contribution in [0, 0.1) is 11.6 Å². The number of aromatic nitrogens is 1. The standard InChI is InChI=1S/C21H22F2N2O2/c1-13-3-8-20(26)24(13)11-21(2,27)12-25-18-6-4-14(22)9-16(18)17-10-15(23)5-7-19(17)25/h4-7,9-10,13,27H,3,8,11-12H2,1-2H3.